The predicted molar refractivity (Wildman–Crippen MR) is 83.6 cm³/mol. The van der Waals surface area contributed by atoms with Crippen molar-refractivity contribution in [2.75, 3.05) is 11.9 Å². The second-order valence-corrected chi connectivity index (χ2v) is 4.97. The number of halogens is 1. The van der Waals surface area contributed by atoms with Crippen molar-refractivity contribution in [3.05, 3.63) is 64.7 Å². The van der Waals surface area contributed by atoms with Crippen LogP contribution in [0.1, 0.15) is 15.9 Å². The average molecular weight is 303 g/mol. The molecule has 0 bridgehead atoms. The maximum absolute atomic E-state index is 11.8. The molecule has 108 valence electrons. The fourth-order valence-electron chi connectivity index (χ4n) is 1.73. The minimum atomic E-state index is -0.306. The molecule has 4 nitrogen and oxygen atoms in total. The zero-order valence-corrected chi connectivity index (χ0v) is 12.3. The van der Waals surface area contributed by atoms with Crippen LogP contribution < -0.4 is 10.6 Å². The normalized spacial score (nSPS) is 10.0. The number of benzene rings is 2. The molecule has 0 saturated carbocycles. The van der Waals surface area contributed by atoms with Gasteiger partial charge in [0, 0.05) is 16.3 Å². The van der Waals surface area contributed by atoms with E-state index in [1.807, 2.05) is 19.1 Å². The van der Waals surface area contributed by atoms with Crippen LogP contribution >= 0.6 is 11.6 Å². The molecular weight excluding hydrogens is 288 g/mol. The summed E-state index contributed by atoms with van der Waals surface area (Å²) in [5, 5.41) is 5.82. The van der Waals surface area contributed by atoms with E-state index in [0.29, 0.717) is 16.3 Å². The maximum atomic E-state index is 11.8. The number of anilines is 1. The van der Waals surface area contributed by atoms with Crippen LogP contribution in [0.3, 0.4) is 0 Å². The second-order valence-electron chi connectivity index (χ2n) is 4.56. The standard InChI is InChI=1S/C16H15ClN2O2/c1-11-7-8-13(9-14(11)17)19-15(20)10-18-16(21)12-5-3-2-4-6-12/h2-9H,10H2,1H3,(H,18,21)(H,19,20). The molecule has 2 aromatic carbocycles. The Bertz CT molecular complexity index is 657. The van der Waals surface area contributed by atoms with Gasteiger partial charge in [0.05, 0.1) is 6.54 Å². The van der Waals surface area contributed by atoms with Crippen molar-refractivity contribution in [3.8, 4) is 0 Å². The van der Waals surface area contributed by atoms with Gasteiger partial charge in [-0.05, 0) is 36.8 Å². The van der Waals surface area contributed by atoms with Gasteiger partial charge in [0.1, 0.15) is 0 Å². The summed E-state index contributed by atoms with van der Waals surface area (Å²) in [6, 6.07) is 14.0. The summed E-state index contributed by atoms with van der Waals surface area (Å²) in [6.07, 6.45) is 0. The Kier molecular flexibility index (Phi) is 4.95. The summed E-state index contributed by atoms with van der Waals surface area (Å²) < 4.78 is 0. The first kappa shape index (κ1) is 15.1. The molecule has 2 aromatic rings. The lowest BCUT2D eigenvalue weighted by Gasteiger charge is -2.08. The summed E-state index contributed by atoms with van der Waals surface area (Å²) in [4.78, 5) is 23.6. The van der Waals surface area contributed by atoms with E-state index in [0.717, 1.165) is 5.56 Å². The Hall–Kier alpha value is -2.33. The molecule has 0 aliphatic carbocycles. The van der Waals surface area contributed by atoms with Gasteiger partial charge in [-0.1, -0.05) is 35.9 Å². The first-order chi connectivity index (χ1) is 10.1. The van der Waals surface area contributed by atoms with Crippen molar-refractivity contribution in [2.24, 2.45) is 0 Å². The molecule has 2 N–H and O–H groups in total. The molecule has 0 fully saturated rings. The van der Waals surface area contributed by atoms with Gasteiger partial charge in [-0.2, -0.15) is 0 Å². The van der Waals surface area contributed by atoms with Crippen molar-refractivity contribution in [2.45, 2.75) is 6.92 Å². The molecule has 0 spiro atoms. The Morgan fingerprint density at radius 3 is 2.48 bits per heavy atom. The van der Waals surface area contributed by atoms with Crippen molar-refractivity contribution in [3.63, 3.8) is 0 Å². The summed E-state index contributed by atoms with van der Waals surface area (Å²) in [5.74, 6) is -0.591. The van der Waals surface area contributed by atoms with Crippen molar-refractivity contribution < 1.29 is 9.59 Å². The lowest BCUT2D eigenvalue weighted by atomic mass is 10.2. The Morgan fingerprint density at radius 1 is 1.10 bits per heavy atom. The highest BCUT2D eigenvalue weighted by Crippen LogP contribution is 2.19. The largest absolute Gasteiger partial charge is 0.343 e. The molecule has 0 radical (unpaired) electrons. The molecule has 0 atom stereocenters. The van der Waals surface area contributed by atoms with E-state index in [1.54, 1.807) is 36.4 Å². The fourth-order valence-corrected chi connectivity index (χ4v) is 1.91. The molecule has 21 heavy (non-hydrogen) atoms. The summed E-state index contributed by atoms with van der Waals surface area (Å²) in [7, 11) is 0. The molecule has 0 unspecified atom stereocenters. The zero-order chi connectivity index (χ0) is 15.2. The second kappa shape index (κ2) is 6.90. The molecule has 0 aliphatic rings. The van der Waals surface area contributed by atoms with Gasteiger partial charge < -0.3 is 10.6 Å². The number of hydrogen-bond acceptors (Lipinski definition) is 2. The van der Waals surface area contributed by atoms with E-state index in [2.05, 4.69) is 10.6 Å². The third kappa shape index (κ3) is 4.33. The van der Waals surface area contributed by atoms with Crippen LogP contribution in [-0.2, 0) is 4.79 Å². The van der Waals surface area contributed by atoms with E-state index in [4.69, 9.17) is 11.6 Å². The molecule has 0 aliphatic heterocycles. The van der Waals surface area contributed by atoms with Gasteiger partial charge in [0.25, 0.3) is 5.91 Å². The van der Waals surface area contributed by atoms with Crippen molar-refractivity contribution >= 4 is 29.1 Å². The van der Waals surface area contributed by atoms with Gasteiger partial charge in [0.15, 0.2) is 0 Å². The minimum Gasteiger partial charge on any atom is -0.343 e. The van der Waals surface area contributed by atoms with E-state index in [-0.39, 0.29) is 18.4 Å². The summed E-state index contributed by atoms with van der Waals surface area (Å²) >= 11 is 5.98. The number of rotatable bonds is 4. The SMILES string of the molecule is Cc1ccc(NC(=O)CNC(=O)c2ccccc2)cc1Cl. The monoisotopic (exact) mass is 302 g/mol. The molecule has 0 heterocycles. The quantitative estimate of drug-likeness (QED) is 0.912. The molecular formula is C16H15ClN2O2. The minimum absolute atomic E-state index is 0.0980. The number of hydrogen-bond donors (Lipinski definition) is 2. The van der Waals surface area contributed by atoms with Gasteiger partial charge in [-0.25, -0.2) is 0 Å². The lowest BCUT2D eigenvalue weighted by Crippen LogP contribution is -2.32. The number of amides is 2. The van der Waals surface area contributed by atoms with Crippen LogP contribution in [0.4, 0.5) is 5.69 Å². The molecule has 5 heteroatoms. The van der Waals surface area contributed by atoms with Gasteiger partial charge in [0.2, 0.25) is 5.91 Å². The van der Waals surface area contributed by atoms with Gasteiger partial charge >= 0.3 is 0 Å². The topological polar surface area (TPSA) is 58.2 Å². The number of nitrogens with one attached hydrogen (secondary N) is 2. The molecule has 2 rings (SSSR count). The highest BCUT2D eigenvalue weighted by atomic mass is 35.5. The Morgan fingerprint density at radius 2 is 1.81 bits per heavy atom. The highest BCUT2D eigenvalue weighted by molar-refractivity contribution is 6.31. The van der Waals surface area contributed by atoms with Crippen LogP contribution in [0.5, 0.6) is 0 Å². The first-order valence-corrected chi connectivity index (χ1v) is 6.83. The first-order valence-electron chi connectivity index (χ1n) is 6.45. The van der Waals surface area contributed by atoms with Crippen LogP contribution in [0, 0.1) is 6.92 Å². The van der Waals surface area contributed by atoms with E-state index in [9.17, 15) is 9.59 Å². The van der Waals surface area contributed by atoms with E-state index < -0.39 is 0 Å². The van der Waals surface area contributed by atoms with Crippen LogP contribution in [0.2, 0.25) is 5.02 Å². The number of carbonyl (C=O) groups is 2. The third-order valence-electron chi connectivity index (χ3n) is 2.90. The average Bonchev–Trinajstić information content (AvgIpc) is 2.49. The zero-order valence-electron chi connectivity index (χ0n) is 11.5. The highest BCUT2D eigenvalue weighted by Gasteiger charge is 2.08. The van der Waals surface area contributed by atoms with Crippen LogP contribution in [-0.4, -0.2) is 18.4 Å². The Labute approximate surface area is 128 Å². The summed E-state index contributed by atoms with van der Waals surface area (Å²) in [6.45, 7) is 1.78. The predicted octanol–water partition coefficient (Wildman–Crippen LogP) is 3.02. The number of aryl methyl sites for hydroxylation is 1. The van der Waals surface area contributed by atoms with Gasteiger partial charge in [-0.15, -0.1) is 0 Å². The van der Waals surface area contributed by atoms with Crippen LogP contribution in [0.15, 0.2) is 48.5 Å². The maximum Gasteiger partial charge on any atom is 0.251 e. The van der Waals surface area contributed by atoms with Crippen molar-refractivity contribution in [1.82, 2.24) is 5.32 Å². The molecule has 2 amide bonds. The fraction of sp³-hybridized carbons (Fsp3) is 0.125. The van der Waals surface area contributed by atoms with E-state index >= 15 is 0 Å². The Balaban J connectivity index is 1.87. The molecule has 0 saturated heterocycles. The smallest absolute Gasteiger partial charge is 0.251 e. The van der Waals surface area contributed by atoms with Gasteiger partial charge in [-0.3, -0.25) is 9.59 Å². The van der Waals surface area contributed by atoms with E-state index in [1.165, 1.54) is 0 Å². The van der Waals surface area contributed by atoms with Crippen LogP contribution in [0.25, 0.3) is 0 Å². The third-order valence-corrected chi connectivity index (χ3v) is 3.31. The number of carbonyl (C=O) groups excluding carboxylic acids is 2. The lowest BCUT2D eigenvalue weighted by molar-refractivity contribution is -0.115. The summed E-state index contributed by atoms with van der Waals surface area (Å²) in [5.41, 5.74) is 2.06. The molecule has 0 aromatic heterocycles. The van der Waals surface area contributed by atoms with Crippen molar-refractivity contribution in [1.29, 1.82) is 0 Å².